The number of rotatable bonds is 4. The highest BCUT2D eigenvalue weighted by molar-refractivity contribution is 7.87. The highest BCUT2D eigenvalue weighted by atomic mass is 32.2. The van der Waals surface area contributed by atoms with Gasteiger partial charge >= 0.3 is 10.1 Å². The molecule has 6 heteroatoms. The Morgan fingerprint density at radius 3 is 2.25 bits per heavy atom. The molecule has 0 aliphatic carbocycles. The van der Waals surface area contributed by atoms with E-state index in [9.17, 15) is 8.42 Å². The minimum atomic E-state index is -4.09. The Kier molecular flexibility index (Phi) is 3.91. The third kappa shape index (κ3) is 2.73. The van der Waals surface area contributed by atoms with Crippen molar-refractivity contribution in [2.45, 2.75) is 4.90 Å². The van der Waals surface area contributed by atoms with Gasteiger partial charge in [-0.3, -0.25) is 0 Å². The summed E-state index contributed by atoms with van der Waals surface area (Å²) < 4.78 is 34.5. The number of nitriles is 1. The Morgan fingerprint density at radius 1 is 1.00 bits per heavy atom. The van der Waals surface area contributed by atoms with Crippen molar-refractivity contribution in [1.29, 1.82) is 5.26 Å². The van der Waals surface area contributed by atoms with Crippen molar-refractivity contribution in [3.63, 3.8) is 0 Å². The molecule has 0 unspecified atom stereocenters. The zero-order valence-electron chi connectivity index (χ0n) is 10.6. The second kappa shape index (κ2) is 5.63. The van der Waals surface area contributed by atoms with E-state index in [0.717, 1.165) is 0 Å². The maximum absolute atomic E-state index is 12.2. The predicted molar refractivity (Wildman–Crippen MR) is 72.0 cm³/mol. The van der Waals surface area contributed by atoms with Crippen LogP contribution in [0.4, 0.5) is 0 Å². The molecule has 0 heterocycles. The Morgan fingerprint density at radius 2 is 1.60 bits per heavy atom. The summed E-state index contributed by atoms with van der Waals surface area (Å²) in [5.74, 6) is 0.369. The van der Waals surface area contributed by atoms with Crippen LogP contribution in [-0.4, -0.2) is 15.5 Å². The molecule has 2 aromatic carbocycles. The SMILES string of the molecule is COc1ccccc1OS(=O)(=O)c1ccccc1C#N. The standard InChI is InChI=1S/C14H11NO4S/c1-18-12-7-3-4-8-13(12)19-20(16,17)14-9-5-2-6-11(14)10-15/h2-9H,1H3. The second-order valence-corrected chi connectivity index (χ2v) is 5.31. The first kappa shape index (κ1) is 13.9. The molecule has 0 saturated carbocycles. The van der Waals surface area contributed by atoms with Gasteiger partial charge in [0.1, 0.15) is 11.0 Å². The molecule has 0 amide bonds. The van der Waals surface area contributed by atoms with Crippen LogP contribution in [-0.2, 0) is 10.1 Å². The minimum Gasteiger partial charge on any atom is -0.493 e. The van der Waals surface area contributed by atoms with Gasteiger partial charge in [0.05, 0.1) is 12.7 Å². The molecule has 2 aromatic rings. The van der Waals surface area contributed by atoms with E-state index < -0.39 is 10.1 Å². The number of ether oxygens (including phenoxy) is 1. The molecule has 0 atom stereocenters. The fraction of sp³-hybridized carbons (Fsp3) is 0.0714. The van der Waals surface area contributed by atoms with E-state index in [1.807, 2.05) is 6.07 Å². The zero-order valence-corrected chi connectivity index (χ0v) is 11.4. The summed E-state index contributed by atoms with van der Waals surface area (Å²) in [6.07, 6.45) is 0. The first-order chi connectivity index (χ1) is 9.58. The van der Waals surface area contributed by atoms with E-state index >= 15 is 0 Å². The molecule has 5 nitrogen and oxygen atoms in total. The van der Waals surface area contributed by atoms with Gasteiger partial charge in [-0.25, -0.2) is 0 Å². The summed E-state index contributed by atoms with van der Waals surface area (Å²) in [6, 6.07) is 14.1. The molecule has 0 aliphatic rings. The lowest BCUT2D eigenvalue weighted by Crippen LogP contribution is -2.12. The van der Waals surface area contributed by atoms with Crippen LogP contribution >= 0.6 is 0 Å². The summed E-state index contributed by atoms with van der Waals surface area (Å²) in [4.78, 5) is -0.173. The second-order valence-electron chi connectivity index (χ2n) is 3.80. The van der Waals surface area contributed by atoms with Gasteiger partial charge in [0.2, 0.25) is 0 Å². The van der Waals surface area contributed by atoms with Gasteiger partial charge in [0.15, 0.2) is 11.5 Å². The molecule has 0 N–H and O–H groups in total. The van der Waals surface area contributed by atoms with E-state index in [1.54, 1.807) is 24.3 Å². The third-order valence-electron chi connectivity index (χ3n) is 2.55. The van der Waals surface area contributed by atoms with Crippen LogP contribution < -0.4 is 8.92 Å². The molecule has 0 radical (unpaired) electrons. The quantitative estimate of drug-likeness (QED) is 0.807. The van der Waals surface area contributed by atoms with E-state index in [-0.39, 0.29) is 16.2 Å². The van der Waals surface area contributed by atoms with Gasteiger partial charge in [0, 0.05) is 0 Å². The van der Waals surface area contributed by atoms with E-state index in [0.29, 0.717) is 5.75 Å². The van der Waals surface area contributed by atoms with Gasteiger partial charge in [-0.1, -0.05) is 24.3 Å². The maximum Gasteiger partial charge on any atom is 0.340 e. The molecule has 0 spiro atoms. The van der Waals surface area contributed by atoms with Crippen LogP contribution in [0.5, 0.6) is 11.5 Å². The number of hydrogen-bond acceptors (Lipinski definition) is 5. The lowest BCUT2D eigenvalue weighted by Gasteiger charge is -2.10. The number of methoxy groups -OCH3 is 1. The first-order valence-electron chi connectivity index (χ1n) is 5.65. The molecule has 0 saturated heterocycles. The van der Waals surface area contributed by atoms with Crippen LogP contribution in [0.15, 0.2) is 53.4 Å². The summed E-state index contributed by atoms with van der Waals surface area (Å²) in [6.45, 7) is 0. The number of para-hydroxylation sites is 2. The molecule has 2 rings (SSSR count). The largest absolute Gasteiger partial charge is 0.493 e. The summed E-state index contributed by atoms with van der Waals surface area (Å²) >= 11 is 0. The first-order valence-corrected chi connectivity index (χ1v) is 7.06. The highest BCUT2D eigenvalue weighted by Gasteiger charge is 2.22. The Hall–Kier alpha value is -2.52. The Labute approximate surface area is 117 Å². The van der Waals surface area contributed by atoms with Crippen molar-refractivity contribution in [3.8, 4) is 17.6 Å². The molecule has 20 heavy (non-hydrogen) atoms. The topological polar surface area (TPSA) is 76.4 Å². The summed E-state index contributed by atoms with van der Waals surface area (Å²) in [5, 5.41) is 8.95. The van der Waals surface area contributed by atoms with Crippen molar-refractivity contribution >= 4 is 10.1 Å². The minimum absolute atomic E-state index is 0.0300. The van der Waals surface area contributed by atoms with Crippen LogP contribution in [0.1, 0.15) is 5.56 Å². The molecule has 102 valence electrons. The monoisotopic (exact) mass is 289 g/mol. The molecular formula is C14H11NO4S. The van der Waals surface area contributed by atoms with Gasteiger partial charge in [0.25, 0.3) is 0 Å². The fourth-order valence-electron chi connectivity index (χ4n) is 1.63. The van der Waals surface area contributed by atoms with Crippen molar-refractivity contribution in [3.05, 3.63) is 54.1 Å². The summed E-state index contributed by atoms with van der Waals surface area (Å²) in [7, 11) is -2.68. The van der Waals surface area contributed by atoms with Crippen molar-refractivity contribution in [2.75, 3.05) is 7.11 Å². The average Bonchev–Trinajstić information content (AvgIpc) is 2.47. The normalized spacial score (nSPS) is 10.6. The van der Waals surface area contributed by atoms with Crippen molar-refractivity contribution in [2.24, 2.45) is 0 Å². The van der Waals surface area contributed by atoms with Crippen LogP contribution in [0, 0.1) is 11.3 Å². The van der Waals surface area contributed by atoms with E-state index in [2.05, 4.69) is 0 Å². The van der Waals surface area contributed by atoms with Crippen LogP contribution in [0.25, 0.3) is 0 Å². The number of hydrogen-bond donors (Lipinski definition) is 0. The van der Waals surface area contributed by atoms with Gasteiger partial charge in [-0.05, 0) is 24.3 Å². The van der Waals surface area contributed by atoms with Gasteiger partial charge < -0.3 is 8.92 Å². The maximum atomic E-state index is 12.2. The van der Waals surface area contributed by atoms with Gasteiger partial charge in [-0.15, -0.1) is 0 Å². The molecular weight excluding hydrogens is 278 g/mol. The van der Waals surface area contributed by atoms with Gasteiger partial charge in [-0.2, -0.15) is 13.7 Å². The average molecular weight is 289 g/mol. The molecule has 0 fully saturated rings. The van der Waals surface area contributed by atoms with Crippen molar-refractivity contribution < 1.29 is 17.3 Å². The lowest BCUT2D eigenvalue weighted by molar-refractivity contribution is 0.390. The van der Waals surface area contributed by atoms with Crippen LogP contribution in [0.3, 0.4) is 0 Å². The predicted octanol–water partition coefficient (Wildman–Crippen LogP) is 2.33. The highest BCUT2D eigenvalue weighted by Crippen LogP contribution is 2.29. The Balaban J connectivity index is 2.44. The van der Waals surface area contributed by atoms with Crippen LogP contribution in [0.2, 0.25) is 0 Å². The number of nitrogens with zero attached hydrogens (tertiary/aromatic N) is 1. The zero-order chi connectivity index (χ0) is 14.6. The lowest BCUT2D eigenvalue weighted by atomic mass is 10.2. The molecule has 0 aromatic heterocycles. The number of benzene rings is 2. The van der Waals surface area contributed by atoms with E-state index in [1.165, 1.54) is 31.4 Å². The van der Waals surface area contributed by atoms with Crippen molar-refractivity contribution in [1.82, 2.24) is 0 Å². The van der Waals surface area contributed by atoms with E-state index in [4.69, 9.17) is 14.2 Å². The summed E-state index contributed by atoms with van der Waals surface area (Å²) in [5.41, 5.74) is 0.0300. The fourth-order valence-corrected chi connectivity index (χ4v) is 2.72. The molecule has 0 bridgehead atoms. The third-order valence-corrected chi connectivity index (χ3v) is 3.84. The molecule has 0 aliphatic heterocycles. The smallest absolute Gasteiger partial charge is 0.340 e. The Bertz CT molecular complexity index is 763.